The first-order valence-corrected chi connectivity index (χ1v) is 5.82. The summed E-state index contributed by atoms with van der Waals surface area (Å²) in [4.78, 5) is 10.7. The largest absolute Gasteiger partial charge is 0.355 e. The molecule has 0 fully saturated rings. The highest BCUT2D eigenvalue weighted by Crippen LogP contribution is 2.13. The van der Waals surface area contributed by atoms with Crippen molar-refractivity contribution in [1.29, 1.82) is 0 Å². The maximum atomic E-state index is 10.7. The molecule has 92 valence electrons. The van der Waals surface area contributed by atoms with E-state index in [1.165, 1.54) is 6.92 Å². The summed E-state index contributed by atoms with van der Waals surface area (Å²) in [5.41, 5.74) is 2.04. The van der Waals surface area contributed by atoms with E-state index < -0.39 is 0 Å². The van der Waals surface area contributed by atoms with Gasteiger partial charge in [-0.05, 0) is 18.2 Å². The Labute approximate surface area is 106 Å². The molecule has 1 heterocycles. The standard InChI is InChI=1S/C14H15N3O/c1-11(18)15-8-4-3-5-12-6-7-13-10-16-17(2)14(13)9-12/h6-7,9-10H,4,8H2,1-2H3,(H,15,18). The molecular weight excluding hydrogens is 226 g/mol. The molecule has 0 atom stereocenters. The molecule has 0 unspecified atom stereocenters. The lowest BCUT2D eigenvalue weighted by molar-refractivity contribution is -0.118. The number of rotatable bonds is 2. The highest BCUT2D eigenvalue weighted by molar-refractivity contribution is 5.80. The Morgan fingerprint density at radius 3 is 3.11 bits per heavy atom. The van der Waals surface area contributed by atoms with E-state index in [4.69, 9.17) is 0 Å². The topological polar surface area (TPSA) is 46.9 Å². The molecule has 1 amide bonds. The van der Waals surface area contributed by atoms with E-state index in [1.54, 1.807) is 0 Å². The number of aromatic nitrogens is 2. The molecule has 2 rings (SSSR count). The average Bonchev–Trinajstić information content (AvgIpc) is 2.70. The number of benzene rings is 1. The molecule has 0 radical (unpaired) electrons. The van der Waals surface area contributed by atoms with Crippen molar-refractivity contribution in [3.05, 3.63) is 30.0 Å². The van der Waals surface area contributed by atoms with E-state index in [1.807, 2.05) is 36.1 Å². The van der Waals surface area contributed by atoms with Crippen LogP contribution < -0.4 is 5.32 Å². The Morgan fingerprint density at radius 1 is 1.50 bits per heavy atom. The molecule has 0 aliphatic carbocycles. The van der Waals surface area contributed by atoms with Crippen LogP contribution in [0.2, 0.25) is 0 Å². The molecule has 0 aliphatic heterocycles. The summed E-state index contributed by atoms with van der Waals surface area (Å²) in [5.74, 6) is 6.10. The van der Waals surface area contributed by atoms with Crippen LogP contribution in [0.15, 0.2) is 24.4 Å². The number of nitrogens with zero attached hydrogens (tertiary/aromatic N) is 2. The van der Waals surface area contributed by atoms with Gasteiger partial charge < -0.3 is 5.32 Å². The van der Waals surface area contributed by atoms with Crippen LogP contribution in [0, 0.1) is 11.8 Å². The molecule has 1 aromatic carbocycles. The van der Waals surface area contributed by atoms with Gasteiger partial charge in [0.15, 0.2) is 0 Å². The van der Waals surface area contributed by atoms with Crippen molar-refractivity contribution in [3.8, 4) is 11.8 Å². The Hall–Kier alpha value is -2.28. The Kier molecular flexibility index (Phi) is 3.63. The third-order valence-corrected chi connectivity index (χ3v) is 2.61. The minimum Gasteiger partial charge on any atom is -0.355 e. The van der Waals surface area contributed by atoms with Crippen molar-refractivity contribution in [2.24, 2.45) is 7.05 Å². The Morgan fingerprint density at radius 2 is 2.33 bits per heavy atom. The number of hydrogen-bond acceptors (Lipinski definition) is 2. The van der Waals surface area contributed by atoms with Gasteiger partial charge in [-0.1, -0.05) is 11.8 Å². The number of nitrogens with one attached hydrogen (secondary N) is 1. The Bertz CT molecular complexity index is 631. The summed E-state index contributed by atoms with van der Waals surface area (Å²) in [7, 11) is 1.91. The van der Waals surface area contributed by atoms with Gasteiger partial charge in [0.25, 0.3) is 0 Å². The van der Waals surface area contributed by atoms with Crippen molar-refractivity contribution in [2.45, 2.75) is 13.3 Å². The molecule has 0 saturated carbocycles. The fourth-order valence-electron chi connectivity index (χ4n) is 1.69. The SMILES string of the molecule is CC(=O)NCCC#Cc1ccc2cnn(C)c2c1. The van der Waals surface area contributed by atoms with E-state index >= 15 is 0 Å². The van der Waals surface area contributed by atoms with Crippen LogP contribution in [0.4, 0.5) is 0 Å². The van der Waals surface area contributed by atoms with Crippen LogP contribution in [-0.2, 0) is 11.8 Å². The lowest BCUT2D eigenvalue weighted by atomic mass is 10.1. The van der Waals surface area contributed by atoms with Gasteiger partial charge in [0.2, 0.25) is 5.91 Å². The van der Waals surface area contributed by atoms with Crippen molar-refractivity contribution >= 4 is 16.8 Å². The van der Waals surface area contributed by atoms with Crippen molar-refractivity contribution in [1.82, 2.24) is 15.1 Å². The zero-order valence-corrected chi connectivity index (χ0v) is 10.5. The Balaban J connectivity index is 2.05. The zero-order chi connectivity index (χ0) is 13.0. The average molecular weight is 241 g/mol. The van der Waals surface area contributed by atoms with Crippen LogP contribution in [-0.4, -0.2) is 22.2 Å². The van der Waals surface area contributed by atoms with Gasteiger partial charge in [0.1, 0.15) is 0 Å². The first-order valence-electron chi connectivity index (χ1n) is 5.82. The molecule has 2 aromatic rings. The van der Waals surface area contributed by atoms with Crippen LogP contribution in [0.25, 0.3) is 10.9 Å². The summed E-state index contributed by atoms with van der Waals surface area (Å²) >= 11 is 0. The predicted molar refractivity (Wildman–Crippen MR) is 70.9 cm³/mol. The van der Waals surface area contributed by atoms with Gasteiger partial charge in [-0.2, -0.15) is 5.10 Å². The maximum absolute atomic E-state index is 10.7. The van der Waals surface area contributed by atoms with Gasteiger partial charge in [0.05, 0.1) is 11.7 Å². The second-order valence-electron chi connectivity index (χ2n) is 4.08. The van der Waals surface area contributed by atoms with Crippen LogP contribution in [0.1, 0.15) is 18.9 Å². The van der Waals surface area contributed by atoms with Crippen LogP contribution >= 0.6 is 0 Å². The molecule has 4 heteroatoms. The molecule has 0 saturated heterocycles. The van der Waals surface area contributed by atoms with Crippen molar-refractivity contribution in [2.75, 3.05) is 6.54 Å². The second-order valence-corrected chi connectivity index (χ2v) is 4.08. The number of fused-ring (bicyclic) bond motifs is 1. The summed E-state index contributed by atoms with van der Waals surface area (Å²) in [5, 5.41) is 8.01. The summed E-state index contributed by atoms with van der Waals surface area (Å²) in [6.45, 7) is 2.10. The smallest absolute Gasteiger partial charge is 0.216 e. The van der Waals surface area contributed by atoms with Gasteiger partial charge in [0, 0.05) is 37.9 Å². The number of carbonyl (C=O) groups is 1. The number of hydrogen-bond donors (Lipinski definition) is 1. The number of carbonyl (C=O) groups excluding carboxylic acids is 1. The fourth-order valence-corrected chi connectivity index (χ4v) is 1.69. The lowest BCUT2D eigenvalue weighted by Crippen LogP contribution is -2.20. The van der Waals surface area contributed by atoms with Gasteiger partial charge >= 0.3 is 0 Å². The van der Waals surface area contributed by atoms with Crippen molar-refractivity contribution < 1.29 is 4.79 Å². The van der Waals surface area contributed by atoms with E-state index in [-0.39, 0.29) is 5.91 Å². The summed E-state index contributed by atoms with van der Waals surface area (Å²) < 4.78 is 1.83. The molecule has 0 bridgehead atoms. The first-order chi connectivity index (χ1) is 8.66. The molecule has 1 N–H and O–H groups in total. The predicted octanol–water partition coefficient (Wildman–Crippen LogP) is 1.45. The van der Waals surface area contributed by atoms with E-state index in [0.29, 0.717) is 13.0 Å². The summed E-state index contributed by atoms with van der Waals surface area (Å²) in [6.07, 6.45) is 2.49. The third-order valence-electron chi connectivity index (χ3n) is 2.61. The van der Waals surface area contributed by atoms with Crippen LogP contribution in [0.5, 0.6) is 0 Å². The third kappa shape index (κ3) is 2.89. The maximum Gasteiger partial charge on any atom is 0.216 e. The number of amides is 1. The molecule has 18 heavy (non-hydrogen) atoms. The molecular formula is C14H15N3O. The molecule has 0 aliphatic rings. The normalized spacial score (nSPS) is 9.89. The van der Waals surface area contributed by atoms with Gasteiger partial charge in [-0.15, -0.1) is 0 Å². The minimum absolute atomic E-state index is 0.0203. The lowest BCUT2D eigenvalue weighted by Gasteiger charge is -1.96. The highest BCUT2D eigenvalue weighted by Gasteiger charge is 1.98. The van der Waals surface area contributed by atoms with Gasteiger partial charge in [-0.25, -0.2) is 0 Å². The summed E-state index contributed by atoms with van der Waals surface area (Å²) in [6, 6.07) is 6.02. The van der Waals surface area contributed by atoms with E-state index in [2.05, 4.69) is 22.3 Å². The quantitative estimate of drug-likeness (QED) is 0.639. The van der Waals surface area contributed by atoms with Gasteiger partial charge in [-0.3, -0.25) is 9.48 Å². The molecule has 0 spiro atoms. The van der Waals surface area contributed by atoms with Crippen molar-refractivity contribution in [3.63, 3.8) is 0 Å². The fraction of sp³-hybridized carbons (Fsp3) is 0.286. The highest BCUT2D eigenvalue weighted by atomic mass is 16.1. The first kappa shape index (κ1) is 12.2. The van der Waals surface area contributed by atoms with E-state index in [9.17, 15) is 4.79 Å². The molecule has 1 aromatic heterocycles. The second kappa shape index (κ2) is 5.37. The monoisotopic (exact) mass is 241 g/mol. The van der Waals surface area contributed by atoms with E-state index in [0.717, 1.165) is 16.5 Å². The minimum atomic E-state index is -0.0203. The molecule has 4 nitrogen and oxygen atoms in total. The zero-order valence-electron chi connectivity index (χ0n) is 10.5. The number of aryl methyl sites for hydroxylation is 1. The van der Waals surface area contributed by atoms with Crippen LogP contribution in [0.3, 0.4) is 0 Å².